The Bertz CT molecular complexity index is 75.8. The molecule has 0 aromatic carbocycles. The average molecular weight is 361 g/mol. The molecule has 4 nitrogen and oxygen atoms in total. The summed E-state index contributed by atoms with van der Waals surface area (Å²) in [6.45, 7) is 3.11. The third-order valence-electron chi connectivity index (χ3n) is 1.35. The standard InChI is InChI=1S/C8H19NO3.W/c9-3-1-2-5-11-7-8-12-6-4-10;/h10H,1-9H2;. The zero-order valence-electron chi connectivity index (χ0n) is 7.91. The first-order chi connectivity index (χ1) is 5.91. The molecule has 0 aliphatic carbocycles. The summed E-state index contributed by atoms with van der Waals surface area (Å²) in [5, 5.41) is 8.36. The van der Waals surface area contributed by atoms with Crippen LogP contribution in [0.15, 0.2) is 0 Å². The molecule has 0 aromatic rings. The molecule has 0 fully saturated rings. The first kappa shape index (κ1) is 16.0. The van der Waals surface area contributed by atoms with Gasteiger partial charge in [-0.2, -0.15) is 0 Å². The fourth-order valence-corrected chi connectivity index (χ4v) is 0.735. The van der Waals surface area contributed by atoms with Crippen LogP contribution in [0.5, 0.6) is 0 Å². The van der Waals surface area contributed by atoms with Crippen molar-refractivity contribution in [3.8, 4) is 0 Å². The van der Waals surface area contributed by atoms with Gasteiger partial charge in [0.1, 0.15) is 0 Å². The van der Waals surface area contributed by atoms with Crippen molar-refractivity contribution in [3.63, 3.8) is 0 Å². The molecule has 0 aliphatic heterocycles. The van der Waals surface area contributed by atoms with Crippen molar-refractivity contribution >= 4 is 0 Å². The van der Waals surface area contributed by atoms with E-state index in [-0.39, 0.29) is 27.7 Å². The fraction of sp³-hybridized carbons (Fsp3) is 1.00. The Kier molecular flexibility index (Phi) is 18.5. The van der Waals surface area contributed by atoms with Crippen molar-refractivity contribution in [2.45, 2.75) is 12.8 Å². The van der Waals surface area contributed by atoms with E-state index in [4.69, 9.17) is 20.3 Å². The third kappa shape index (κ3) is 15.3. The first-order valence-electron chi connectivity index (χ1n) is 4.38. The molecule has 0 unspecified atom stereocenters. The Morgan fingerprint density at radius 3 is 2.08 bits per heavy atom. The van der Waals surface area contributed by atoms with Crippen LogP contribution < -0.4 is 5.73 Å². The molecule has 5 heteroatoms. The van der Waals surface area contributed by atoms with Gasteiger partial charge in [-0.3, -0.25) is 0 Å². The van der Waals surface area contributed by atoms with Crippen molar-refractivity contribution in [2.24, 2.45) is 5.73 Å². The van der Waals surface area contributed by atoms with Gasteiger partial charge >= 0.3 is 0 Å². The van der Waals surface area contributed by atoms with Gasteiger partial charge in [0, 0.05) is 27.7 Å². The molecule has 0 atom stereocenters. The number of nitrogens with two attached hydrogens (primary N) is 1. The molecule has 3 N–H and O–H groups in total. The zero-order chi connectivity index (χ0) is 9.07. The summed E-state index contributed by atoms with van der Waals surface area (Å²) in [6, 6.07) is 0. The summed E-state index contributed by atoms with van der Waals surface area (Å²) in [7, 11) is 0. The van der Waals surface area contributed by atoms with Crippen molar-refractivity contribution < 1.29 is 35.6 Å². The van der Waals surface area contributed by atoms with Crippen LogP contribution in [0.4, 0.5) is 0 Å². The fourth-order valence-electron chi connectivity index (χ4n) is 0.735. The number of aliphatic hydroxyl groups is 1. The minimum absolute atomic E-state index is 0. The summed E-state index contributed by atoms with van der Waals surface area (Å²) < 4.78 is 10.2. The number of hydrogen-bond acceptors (Lipinski definition) is 4. The molecule has 0 saturated heterocycles. The predicted octanol–water partition coefficient (Wildman–Crippen LogP) is -0.252. The minimum Gasteiger partial charge on any atom is -0.394 e. The van der Waals surface area contributed by atoms with Crippen molar-refractivity contribution in [3.05, 3.63) is 0 Å². The quantitative estimate of drug-likeness (QED) is 0.556. The van der Waals surface area contributed by atoms with E-state index in [1.807, 2.05) is 0 Å². The zero-order valence-corrected chi connectivity index (χ0v) is 10.8. The number of rotatable bonds is 9. The van der Waals surface area contributed by atoms with E-state index >= 15 is 0 Å². The van der Waals surface area contributed by atoms with Crippen molar-refractivity contribution in [1.29, 1.82) is 0 Å². The van der Waals surface area contributed by atoms with Crippen LogP contribution in [-0.2, 0) is 30.5 Å². The number of aliphatic hydroxyl groups excluding tert-OH is 1. The second-order valence-corrected chi connectivity index (χ2v) is 2.44. The van der Waals surface area contributed by atoms with Crippen LogP contribution >= 0.6 is 0 Å². The molecule has 0 heterocycles. The Morgan fingerprint density at radius 1 is 0.923 bits per heavy atom. The van der Waals surface area contributed by atoms with Crippen molar-refractivity contribution in [1.82, 2.24) is 0 Å². The van der Waals surface area contributed by atoms with E-state index < -0.39 is 0 Å². The van der Waals surface area contributed by atoms with Crippen molar-refractivity contribution in [2.75, 3.05) is 39.6 Å². The molecule has 0 spiro atoms. The number of hydrogen-bond donors (Lipinski definition) is 2. The van der Waals surface area contributed by atoms with Gasteiger partial charge in [-0.1, -0.05) is 0 Å². The molecular formula is C8H19NO3W. The number of ether oxygens (including phenoxy) is 2. The predicted molar refractivity (Wildman–Crippen MR) is 47.0 cm³/mol. The topological polar surface area (TPSA) is 64.7 Å². The van der Waals surface area contributed by atoms with Gasteiger partial charge in [-0.25, -0.2) is 0 Å². The molecule has 13 heavy (non-hydrogen) atoms. The summed E-state index contributed by atoms with van der Waals surface area (Å²) in [5.41, 5.74) is 5.30. The van der Waals surface area contributed by atoms with Crippen LogP contribution in [-0.4, -0.2) is 44.7 Å². The molecular weight excluding hydrogens is 342 g/mol. The normalized spacial score (nSPS) is 9.69. The van der Waals surface area contributed by atoms with E-state index in [1.54, 1.807) is 0 Å². The summed E-state index contributed by atoms with van der Waals surface area (Å²) in [5.74, 6) is 0. The molecule has 0 saturated carbocycles. The van der Waals surface area contributed by atoms with Crippen LogP contribution in [0.3, 0.4) is 0 Å². The average Bonchev–Trinajstić information content (AvgIpc) is 2.10. The van der Waals surface area contributed by atoms with E-state index in [9.17, 15) is 0 Å². The van der Waals surface area contributed by atoms with Gasteiger partial charge in [0.15, 0.2) is 0 Å². The number of unbranched alkanes of at least 4 members (excludes halogenated alkanes) is 1. The van der Waals surface area contributed by atoms with E-state index in [2.05, 4.69) is 0 Å². The second-order valence-electron chi connectivity index (χ2n) is 2.44. The van der Waals surface area contributed by atoms with E-state index in [0.29, 0.717) is 19.8 Å². The van der Waals surface area contributed by atoms with Crippen LogP contribution in [0.1, 0.15) is 12.8 Å². The summed E-state index contributed by atoms with van der Waals surface area (Å²) >= 11 is 0. The van der Waals surface area contributed by atoms with E-state index in [0.717, 1.165) is 26.0 Å². The maximum atomic E-state index is 8.36. The van der Waals surface area contributed by atoms with E-state index in [1.165, 1.54) is 0 Å². The molecule has 0 aromatic heterocycles. The second kappa shape index (κ2) is 15.0. The maximum Gasteiger partial charge on any atom is 0.0701 e. The molecule has 0 amide bonds. The summed E-state index contributed by atoms with van der Waals surface area (Å²) in [6.07, 6.45) is 2.02. The Balaban J connectivity index is 0. The smallest absolute Gasteiger partial charge is 0.0701 e. The molecule has 0 bridgehead atoms. The Morgan fingerprint density at radius 2 is 1.54 bits per heavy atom. The van der Waals surface area contributed by atoms with Gasteiger partial charge in [0.05, 0.1) is 26.4 Å². The third-order valence-corrected chi connectivity index (χ3v) is 1.35. The van der Waals surface area contributed by atoms with Gasteiger partial charge < -0.3 is 20.3 Å². The molecule has 0 radical (unpaired) electrons. The van der Waals surface area contributed by atoms with Crippen LogP contribution in [0.2, 0.25) is 0 Å². The monoisotopic (exact) mass is 361 g/mol. The molecule has 80 valence electrons. The Hall–Kier alpha value is 0.528. The van der Waals surface area contributed by atoms with Crippen LogP contribution in [0.25, 0.3) is 0 Å². The minimum atomic E-state index is 0. The van der Waals surface area contributed by atoms with Gasteiger partial charge in [-0.15, -0.1) is 0 Å². The Labute approximate surface area is 94.0 Å². The largest absolute Gasteiger partial charge is 0.394 e. The SMILES string of the molecule is NCCCCOCCOCCO.[W]. The molecule has 0 aliphatic rings. The van der Waals surface area contributed by atoms with Crippen LogP contribution in [0, 0.1) is 0 Å². The van der Waals surface area contributed by atoms with Gasteiger partial charge in [0.2, 0.25) is 0 Å². The molecule has 0 rings (SSSR count). The van der Waals surface area contributed by atoms with Gasteiger partial charge in [0.25, 0.3) is 0 Å². The summed E-state index contributed by atoms with van der Waals surface area (Å²) in [4.78, 5) is 0. The van der Waals surface area contributed by atoms with Gasteiger partial charge in [-0.05, 0) is 19.4 Å². The maximum absolute atomic E-state index is 8.36. The first-order valence-corrected chi connectivity index (χ1v) is 4.38.